The molecule has 0 spiro atoms. The number of hydrogen-bond acceptors (Lipinski definition) is 5. The van der Waals surface area contributed by atoms with Gasteiger partial charge in [-0.25, -0.2) is 4.98 Å². The number of fused-ring (bicyclic) bond motifs is 2. The number of aromatic nitrogens is 2. The second-order valence-corrected chi connectivity index (χ2v) is 5.45. The lowest BCUT2D eigenvalue weighted by atomic mass is 10.3. The van der Waals surface area contributed by atoms with Gasteiger partial charge in [0.05, 0.1) is 16.9 Å². The van der Waals surface area contributed by atoms with E-state index in [1.165, 1.54) is 15.7 Å². The van der Waals surface area contributed by atoms with Crippen molar-refractivity contribution < 1.29 is 9.53 Å². The number of rotatable bonds is 4. The molecule has 0 unspecified atom stereocenters. The van der Waals surface area contributed by atoms with Crippen molar-refractivity contribution in [3.05, 3.63) is 45.7 Å². The zero-order valence-electron chi connectivity index (χ0n) is 11.3. The van der Waals surface area contributed by atoms with E-state index in [-0.39, 0.29) is 11.5 Å². The van der Waals surface area contributed by atoms with Crippen molar-refractivity contribution in [1.29, 1.82) is 0 Å². The lowest BCUT2D eigenvalue weighted by molar-refractivity contribution is 0.0941. The lowest BCUT2D eigenvalue weighted by Crippen LogP contribution is -2.26. The molecule has 108 valence electrons. The van der Waals surface area contributed by atoms with Crippen molar-refractivity contribution in [2.75, 3.05) is 20.3 Å². The molecular formula is C14H13N3O3S. The van der Waals surface area contributed by atoms with E-state index in [9.17, 15) is 9.59 Å². The highest BCUT2D eigenvalue weighted by Crippen LogP contribution is 2.21. The summed E-state index contributed by atoms with van der Waals surface area (Å²) in [6.07, 6.45) is 1.67. The normalized spacial score (nSPS) is 11.1. The molecule has 21 heavy (non-hydrogen) atoms. The Morgan fingerprint density at radius 3 is 3.14 bits per heavy atom. The van der Waals surface area contributed by atoms with Crippen molar-refractivity contribution >= 4 is 33.1 Å². The first kappa shape index (κ1) is 13.7. The molecule has 0 aliphatic heterocycles. The first-order chi connectivity index (χ1) is 10.2. The van der Waals surface area contributed by atoms with Crippen LogP contribution in [-0.4, -0.2) is 35.6 Å². The summed E-state index contributed by atoms with van der Waals surface area (Å²) in [5.74, 6) is -0.219. The fourth-order valence-corrected chi connectivity index (χ4v) is 2.96. The molecule has 0 bridgehead atoms. The van der Waals surface area contributed by atoms with Crippen LogP contribution in [0.5, 0.6) is 0 Å². The molecule has 0 saturated carbocycles. The third kappa shape index (κ3) is 2.53. The molecule has 0 aliphatic rings. The second kappa shape index (κ2) is 5.63. The average Bonchev–Trinajstić information content (AvgIpc) is 2.92. The highest BCUT2D eigenvalue weighted by atomic mass is 32.1. The summed E-state index contributed by atoms with van der Waals surface area (Å²) in [6, 6.07) is 6.95. The summed E-state index contributed by atoms with van der Waals surface area (Å²) in [5, 5.41) is 3.19. The third-order valence-electron chi connectivity index (χ3n) is 3.03. The van der Waals surface area contributed by atoms with Crippen LogP contribution < -0.4 is 10.9 Å². The second-order valence-electron chi connectivity index (χ2n) is 4.42. The van der Waals surface area contributed by atoms with Crippen LogP contribution in [0, 0.1) is 0 Å². The van der Waals surface area contributed by atoms with Crippen molar-refractivity contribution in [2.24, 2.45) is 0 Å². The number of nitrogens with one attached hydrogen (secondary N) is 1. The van der Waals surface area contributed by atoms with Crippen LogP contribution in [0.4, 0.5) is 0 Å². The highest BCUT2D eigenvalue weighted by molar-refractivity contribution is 7.20. The number of thiophene rings is 1. The molecular weight excluding hydrogens is 290 g/mol. The monoisotopic (exact) mass is 303 g/mol. The molecule has 3 heterocycles. The van der Waals surface area contributed by atoms with Gasteiger partial charge in [-0.3, -0.25) is 14.0 Å². The molecule has 0 radical (unpaired) electrons. The first-order valence-electron chi connectivity index (χ1n) is 6.39. The lowest BCUT2D eigenvalue weighted by Gasteiger charge is -2.00. The van der Waals surface area contributed by atoms with E-state index >= 15 is 0 Å². The summed E-state index contributed by atoms with van der Waals surface area (Å²) in [6.45, 7) is 0.874. The molecule has 0 saturated heterocycles. The van der Waals surface area contributed by atoms with E-state index < -0.39 is 0 Å². The summed E-state index contributed by atoms with van der Waals surface area (Å²) in [7, 11) is 1.57. The van der Waals surface area contributed by atoms with Gasteiger partial charge in [0, 0.05) is 19.9 Å². The van der Waals surface area contributed by atoms with Crippen LogP contribution in [0.15, 0.2) is 35.3 Å². The maximum atomic E-state index is 12.4. The maximum absolute atomic E-state index is 12.4. The Morgan fingerprint density at radius 1 is 1.48 bits per heavy atom. The Morgan fingerprint density at radius 2 is 2.33 bits per heavy atom. The van der Waals surface area contributed by atoms with E-state index in [0.717, 1.165) is 0 Å². The van der Waals surface area contributed by atoms with Crippen LogP contribution in [0.25, 0.3) is 15.9 Å². The van der Waals surface area contributed by atoms with E-state index in [4.69, 9.17) is 4.74 Å². The van der Waals surface area contributed by atoms with Crippen LogP contribution in [-0.2, 0) is 4.74 Å². The van der Waals surface area contributed by atoms with Crippen LogP contribution >= 0.6 is 11.3 Å². The van der Waals surface area contributed by atoms with Crippen molar-refractivity contribution in [2.45, 2.75) is 0 Å². The number of hydrogen-bond donors (Lipinski definition) is 1. The quantitative estimate of drug-likeness (QED) is 0.737. The summed E-state index contributed by atoms with van der Waals surface area (Å²) in [4.78, 5) is 29.8. The van der Waals surface area contributed by atoms with Crippen molar-refractivity contribution in [1.82, 2.24) is 14.7 Å². The summed E-state index contributed by atoms with van der Waals surface area (Å²) < 4.78 is 6.36. The highest BCUT2D eigenvalue weighted by Gasteiger charge is 2.14. The van der Waals surface area contributed by atoms with E-state index in [1.807, 2.05) is 6.07 Å². The van der Waals surface area contributed by atoms with Crippen LogP contribution in [0.3, 0.4) is 0 Å². The number of carbonyl (C=O) groups excluding carboxylic acids is 1. The summed E-state index contributed by atoms with van der Waals surface area (Å²) in [5.41, 5.74) is 0.408. The van der Waals surface area contributed by atoms with Gasteiger partial charge in [-0.05, 0) is 18.2 Å². The zero-order chi connectivity index (χ0) is 14.8. The minimum absolute atomic E-state index is 0.164. The molecule has 7 heteroatoms. The van der Waals surface area contributed by atoms with Gasteiger partial charge in [-0.2, -0.15) is 0 Å². The molecule has 3 aromatic heterocycles. The number of amides is 1. The smallest absolute Gasteiger partial charge is 0.266 e. The molecule has 0 aliphatic carbocycles. The molecule has 0 atom stereocenters. The fourth-order valence-electron chi connectivity index (χ4n) is 2.01. The Balaban J connectivity index is 2.04. The van der Waals surface area contributed by atoms with Gasteiger partial charge in [-0.1, -0.05) is 6.07 Å². The van der Waals surface area contributed by atoms with Crippen LogP contribution in [0.2, 0.25) is 0 Å². The minimum atomic E-state index is -0.219. The Labute approximate surface area is 124 Å². The van der Waals surface area contributed by atoms with Crippen molar-refractivity contribution in [3.8, 4) is 0 Å². The third-order valence-corrected chi connectivity index (χ3v) is 4.06. The number of nitrogens with zero attached hydrogens (tertiary/aromatic N) is 2. The SMILES string of the molecule is COCCNC(=O)c1cc2c(=O)n3ccccc3nc2s1. The van der Waals surface area contributed by atoms with E-state index in [1.54, 1.807) is 31.5 Å². The number of methoxy groups -OCH3 is 1. The maximum Gasteiger partial charge on any atom is 0.266 e. The van der Waals surface area contributed by atoms with Crippen molar-refractivity contribution in [3.63, 3.8) is 0 Å². The Hall–Kier alpha value is -2.25. The number of ether oxygens (including phenoxy) is 1. The molecule has 1 N–H and O–H groups in total. The van der Waals surface area contributed by atoms with Gasteiger partial charge in [0.2, 0.25) is 0 Å². The van der Waals surface area contributed by atoms with Gasteiger partial charge in [0.1, 0.15) is 10.5 Å². The molecule has 6 nitrogen and oxygen atoms in total. The fraction of sp³-hybridized carbons (Fsp3) is 0.214. The predicted molar refractivity (Wildman–Crippen MR) is 81.1 cm³/mol. The molecule has 1 amide bonds. The topological polar surface area (TPSA) is 72.7 Å². The van der Waals surface area contributed by atoms with Gasteiger partial charge >= 0.3 is 0 Å². The number of pyridine rings is 1. The molecule has 0 aromatic carbocycles. The Kier molecular flexibility index (Phi) is 3.68. The average molecular weight is 303 g/mol. The largest absolute Gasteiger partial charge is 0.383 e. The van der Waals surface area contributed by atoms with E-state index in [2.05, 4.69) is 10.3 Å². The molecule has 3 rings (SSSR count). The number of carbonyl (C=O) groups is 1. The van der Waals surface area contributed by atoms with Gasteiger partial charge < -0.3 is 10.1 Å². The Bertz CT molecular complexity index is 869. The minimum Gasteiger partial charge on any atom is -0.383 e. The van der Waals surface area contributed by atoms with E-state index in [0.29, 0.717) is 33.9 Å². The van der Waals surface area contributed by atoms with Gasteiger partial charge in [0.25, 0.3) is 11.5 Å². The van der Waals surface area contributed by atoms with Crippen LogP contribution in [0.1, 0.15) is 9.67 Å². The molecule has 0 fully saturated rings. The molecule has 3 aromatic rings. The van der Waals surface area contributed by atoms with Gasteiger partial charge in [0.15, 0.2) is 0 Å². The van der Waals surface area contributed by atoms with Gasteiger partial charge in [-0.15, -0.1) is 11.3 Å². The standard InChI is InChI=1S/C14H13N3O3S/c1-20-7-5-15-12(18)10-8-9-13(21-10)16-11-4-2-3-6-17(11)14(9)19/h2-4,6,8H,5,7H2,1H3,(H,15,18). The predicted octanol–water partition coefficient (Wildman–Crippen LogP) is 1.29. The zero-order valence-corrected chi connectivity index (χ0v) is 12.1. The summed E-state index contributed by atoms with van der Waals surface area (Å²) >= 11 is 1.22. The first-order valence-corrected chi connectivity index (χ1v) is 7.20.